The molecule has 4 nitrogen and oxygen atoms in total. The highest BCUT2D eigenvalue weighted by Gasteiger charge is 2.34. The van der Waals surface area contributed by atoms with Gasteiger partial charge in [0, 0.05) is 26.7 Å². The van der Waals surface area contributed by atoms with E-state index in [4.69, 9.17) is 4.74 Å². The van der Waals surface area contributed by atoms with Crippen molar-refractivity contribution in [3.05, 3.63) is 0 Å². The number of amides is 1. The van der Waals surface area contributed by atoms with Gasteiger partial charge in [0.25, 0.3) is 5.91 Å². The van der Waals surface area contributed by atoms with Crippen LogP contribution in [0.4, 0.5) is 0 Å². The summed E-state index contributed by atoms with van der Waals surface area (Å²) in [6, 6.07) is 0.317. The first-order valence-corrected chi connectivity index (χ1v) is 5.02. The fraction of sp³-hybridized carbons (Fsp3) is 0.900. The summed E-state index contributed by atoms with van der Waals surface area (Å²) in [5, 5.41) is 3.24. The summed E-state index contributed by atoms with van der Waals surface area (Å²) < 4.78 is 5.17. The van der Waals surface area contributed by atoms with E-state index in [1.807, 2.05) is 7.05 Å². The van der Waals surface area contributed by atoms with Crippen molar-refractivity contribution in [3.63, 3.8) is 0 Å². The molecule has 0 saturated carbocycles. The third-order valence-corrected chi connectivity index (χ3v) is 2.93. The van der Waals surface area contributed by atoms with Gasteiger partial charge in [0.1, 0.15) is 5.60 Å². The Morgan fingerprint density at radius 3 is 2.64 bits per heavy atom. The van der Waals surface area contributed by atoms with Crippen molar-refractivity contribution >= 4 is 5.91 Å². The van der Waals surface area contributed by atoms with E-state index < -0.39 is 5.60 Å². The van der Waals surface area contributed by atoms with Gasteiger partial charge in [-0.25, -0.2) is 0 Å². The summed E-state index contributed by atoms with van der Waals surface area (Å²) in [5.41, 5.74) is -0.711. The average molecular weight is 200 g/mol. The second-order valence-electron chi connectivity index (χ2n) is 4.28. The molecule has 1 fully saturated rings. The highest BCUT2D eigenvalue weighted by atomic mass is 16.5. The highest BCUT2D eigenvalue weighted by Crippen LogP contribution is 2.15. The molecule has 1 aliphatic heterocycles. The summed E-state index contributed by atoms with van der Waals surface area (Å²) in [7, 11) is 3.42. The number of nitrogens with zero attached hydrogens (tertiary/aromatic N) is 1. The summed E-state index contributed by atoms with van der Waals surface area (Å²) in [5.74, 6) is 0.0497. The van der Waals surface area contributed by atoms with Crippen molar-refractivity contribution in [1.82, 2.24) is 10.2 Å². The monoisotopic (exact) mass is 200 g/mol. The van der Waals surface area contributed by atoms with E-state index in [0.29, 0.717) is 6.04 Å². The van der Waals surface area contributed by atoms with Gasteiger partial charge in [-0.2, -0.15) is 0 Å². The van der Waals surface area contributed by atoms with E-state index in [-0.39, 0.29) is 5.91 Å². The molecule has 4 heteroatoms. The van der Waals surface area contributed by atoms with Gasteiger partial charge in [-0.3, -0.25) is 4.79 Å². The molecule has 1 aliphatic rings. The topological polar surface area (TPSA) is 41.6 Å². The lowest BCUT2D eigenvalue weighted by Crippen LogP contribution is -2.49. The van der Waals surface area contributed by atoms with Crippen LogP contribution in [-0.2, 0) is 9.53 Å². The first-order valence-electron chi connectivity index (χ1n) is 5.02. The van der Waals surface area contributed by atoms with Crippen molar-refractivity contribution in [2.75, 3.05) is 27.2 Å². The third-order valence-electron chi connectivity index (χ3n) is 2.93. The number of ether oxygens (including phenoxy) is 1. The Morgan fingerprint density at radius 1 is 1.57 bits per heavy atom. The van der Waals surface area contributed by atoms with E-state index in [1.54, 1.807) is 25.9 Å². The van der Waals surface area contributed by atoms with Crippen molar-refractivity contribution < 1.29 is 9.53 Å². The molecule has 1 unspecified atom stereocenters. The van der Waals surface area contributed by atoms with E-state index >= 15 is 0 Å². The number of hydrogen-bond acceptors (Lipinski definition) is 3. The van der Waals surface area contributed by atoms with E-state index in [2.05, 4.69) is 5.32 Å². The lowest BCUT2D eigenvalue weighted by molar-refractivity contribution is -0.151. The highest BCUT2D eigenvalue weighted by molar-refractivity contribution is 5.84. The van der Waals surface area contributed by atoms with Crippen LogP contribution in [-0.4, -0.2) is 49.7 Å². The number of rotatable bonds is 3. The number of methoxy groups -OCH3 is 1. The first-order chi connectivity index (χ1) is 6.49. The minimum absolute atomic E-state index is 0.0497. The smallest absolute Gasteiger partial charge is 0.254 e. The number of carbonyl (C=O) groups excluding carboxylic acids is 1. The molecular formula is C10H20N2O2. The zero-order chi connectivity index (χ0) is 10.8. The molecule has 14 heavy (non-hydrogen) atoms. The molecule has 0 aromatic rings. The molecule has 1 amide bonds. The average Bonchev–Trinajstić information content (AvgIpc) is 2.68. The Bertz CT molecular complexity index is 210. The van der Waals surface area contributed by atoms with Crippen LogP contribution < -0.4 is 5.32 Å². The van der Waals surface area contributed by atoms with Crippen LogP contribution in [0, 0.1) is 0 Å². The predicted molar refractivity (Wildman–Crippen MR) is 55.1 cm³/mol. The summed E-state index contributed by atoms with van der Waals surface area (Å²) in [6.07, 6.45) is 1.03. The van der Waals surface area contributed by atoms with Crippen LogP contribution in [0.5, 0.6) is 0 Å². The molecule has 1 atom stereocenters. The standard InChI is InChI=1S/C10H20N2O2/c1-10(2,14-4)9(13)12(3)8-5-6-11-7-8/h8,11H,5-7H2,1-4H3. The van der Waals surface area contributed by atoms with E-state index in [9.17, 15) is 4.79 Å². The fourth-order valence-electron chi connectivity index (χ4n) is 1.65. The van der Waals surface area contributed by atoms with Gasteiger partial charge in [-0.15, -0.1) is 0 Å². The lowest BCUT2D eigenvalue weighted by Gasteiger charge is -2.31. The number of nitrogens with one attached hydrogen (secondary N) is 1. The third kappa shape index (κ3) is 2.25. The maximum atomic E-state index is 12.0. The Labute approximate surface area is 85.6 Å². The molecule has 1 saturated heterocycles. The van der Waals surface area contributed by atoms with Crippen molar-refractivity contribution in [3.8, 4) is 0 Å². The first kappa shape index (κ1) is 11.5. The molecule has 82 valence electrons. The molecule has 0 aromatic carbocycles. The van der Waals surface area contributed by atoms with Gasteiger partial charge in [0.2, 0.25) is 0 Å². The summed E-state index contributed by atoms with van der Waals surface area (Å²) in [4.78, 5) is 13.8. The molecule has 0 spiro atoms. The van der Waals surface area contributed by atoms with Crippen LogP contribution >= 0.6 is 0 Å². The normalized spacial score (nSPS) is 22.4. The zero-order valence-electron chi connectivity index (χ0n) is 9.46. The molecule has 1 N–H and O–H groups in total. The van der Waals surface area contributed by atoms with Crippen molar-refractivity contribution in [1.29, 1.82) is 0 Å². The molecule has 0 aromatic heterocycles. The van der Waals surface area contributed by atoms with Crippen LogP contribution in [0.15, 0.2) is 0 Å². The number of hydrogen-bond donors (Lipinski definition) is 1. The summed E-state index contributed by atoms with van der Waals surface area (Å²) >= 11 is 0. The van der Waals surface area contributed by atoms with Gasteiger partial charge in [0.05, 0.1) is 0 Å². The predicted octanol–water partition coefficient (Wildman–Crippen LogP) is 0.232. The van der Waals surface area contributed by atoms with Crippen LogP contribution in [0.3, 0.4) is 0 Å². The maximum Gasteiger partial charge on any atom is 0.254 e. The largest absolute Gasteiger partial charge is 0.369 e. The van der Waals surface area contributed by atoms with Crippen LogP contribution in [0.1, 0.15) is 20.3 Å². The van der Waals surface area contributed by atoms with E-state index in [1.165, 1.54) is 0 Å². The van der Waals surface area contributed by atoms with Crippen molar-refractivity contribution in [2.45, 2.75) is 31.9 Å². The van der Waals surface area contributed by atoms with Gasteiger partial charge in [-0.05, 0) is 26.8 Å². The maximum absolute atomic E-state index is 12.0. The zero-order valence-corrected chi connectivity index (χ0v) is 9.46. The molecular weight excluding hydrogens is 180 g/mol. The SMILES string of the molecule is COC(C)(C)C(=O)N(C)C1CCNC1. The van der Waals surface area contributed by atoms with Gasteiger partial charge < -0.3 is 15.0 Å². The Hall–Kier alpha value is -0.610. The van der Waals surface area contributed by atoms with Crippen molar-refractivity contribution in [2.24, 2.45) is 0 Å². The molecule has 0 aliphatic carbocycles. The quantitative estimate of drug-likeness (QED) is 0.709. The molecule has 0 bridgehead atoms. The minimum Gasteiger partial charge on any atom is -0.369 e. The van der Waals surface area contributed by atoms with E-state index in [0.717, 1.165) is 19.5 Å². The van der Waals surface area contributed by atoms with Gasteiger partial charge in [-0.1, -0.05) is 0 Å². The number of carbonyl (C=O) groups is 1. The molecule has 1 heterocycles. The minimum atomic E-state index is -0.711. The van der Waals surface area contributed by atoms with Gasteiger partial charge in [0.15, 0.2) is 0 Å². The lowest BCUT2D eigenvalue weighted by atomic mass is 10.1. The Kier molecular flexibility index (Phi) is 3.50. The molecule has 0 radical (unpaired) electrons. The second kappa shape index (κ2) is 4.28. The fourth-order valence-corrected chi connectivity index (χ4v) is 1.65. The summed E-state index contributed by atoms with van der Waals surface area (Å²) in [6.45, 7) is 5.49. The molecule has 1 rings (SSSR count). The Balaban J connectivity index is 2.59. The van der Waals surface area contributed by atoms with Crippen LogP contribution in [0.25, 0.3) is 0 Å². The van der Waals surface area contributed by atoms with Crippen LogP contribution in [0.2, 0.25) is 0 Å². The number of likely N-dealkylation sites (N-methyl/N-ethyl adjacent to an activating group) is 1. The van der Waals surface area contributed by atoms with Gasteiger partial charge >= 0.3 is 0 Å². The Morgan fingerprint density at radius 2 is 2.21 bits per heavy atom. The second-order valence-corrected chi connectivity index (χ2v) is 4.28.